The molecule has 2 N–H and O–H groups in total. The highest BCUT2D eigenvalue weighted by atomic mass is 16.5. The summed E-state index contributed by atoms with van der Waals surface area (Å²) in [6, 6.07) is 8.77. The van der Waals surface area contributed by atoms with Crippen LogP contribution < -0.4 is 5.73 Å². The van der Waals surface area contributed by atoms with Crippen LogP contribution in [0.15, 0.2) is 28.8 Å². The molecule has 19 heavy (non-hydrogen) atoms. The number of nitrogens with zero attached hydrogens (tertiary/aromatic N) is 2. The lowest BCUT2D eigenvalue weighted by Gasteiger charge is -2.27. The molecule has 1 saturated carbocycles. The summed E-state index contributed by atoms with van der Waals surface area (Å²) in [5.41, 5.74) is 8.69. The summed E-state index contributed by atoms with van der Waals surface area (Å²) in [5, 5.41) is 4.18. The van der Waals surface area contributed by atoms with Crippen LogP contribution in [0.5, 0.6) is 0 Å². The monoisotopic (exact) mass is 255 g/mol. The zero-order valence-electron chi connectivity index (χ0n) is 10.7. The number of aromatic nitrogens is 2. The lowest BCUT2D eigenvalue weighted by molar-refractivity contribution is 0.347. The summed E-state index contributed by atoms with van der Waals surface area (Å²) < 4.78 is 5.45. The second-order valence-electron chi connectivity index (χ2n) is 5.72. The van der Waals surface area contributed by atoms with Crippen LogP contribution in [0.2, 0.25) is 0 Å². The predicted octanol–water partition coefficient (Wildman–Crippen LogP) is 2.35. The molecule has 0 amide bonds. The highest BCUT2D eigenvalue weighted by molar-refractivity contribution is 5.43. The van der Waals surface area contributed by atoms with E-state index in [0.717, 1.165) is 37.4 Å². The van der Waals surface area contributed by atoms with Gasteiger partial charge in [0.05, 0.1) is 5.92 Å². The summed E-state index contributed by atoms with van der Waals surface area (Å²) in [7, 11) is 0. The minimum Gasteiger partial charge on any atom is -0.339 e. The average Bonchev–Trinajstić information content (AvgIpc) is 3.00. The van der Waals surface area contributed by atoms with Gasteiger partial charge in [-0.05, 0) is 36.8 Å². The second-order valence-corrected chi connectivity index (χ2v) is 5.72. The Morgan fingerprint density at radius 3 is 2.89 bits per heavy atom. The first-order valence-corrected chi connectivity index (χ1v) is 6.98. The van der Waals surface area contributed by atoms with E-state index in [4.69, 9.17) is 10.3 Å². The van der Waals surface area contributed by atoms with E-state index in [1.54, 1.807) is 0 Å². The van der Waals surface area contributed by atoms with E-state index in [0.29, 0.717) is 17.9 Å². The van der Waals surface area contributed by atoms with E-state index in [1.807, 2.05) is 0 Å². The van der Waals surface area contributed by atoms with Gasteiger partial charge in [-0.25, -0.2) is 0 Å². The maximum absolute atomic E-state index is 5.94. The largest absolute Gasteiger partial charge is 0.339 e. The molecular weight excluding hydrogens is 238 g/mol. The van der Waals surface area contributed by atoms with Crippen LogP contribution in [-0.2, 0) is 6.42 Å². The van der Waals surface area contributed by atoms with Crippen molar-refractivity contribution in [2.24, 2.45) is 5.73 Å². The van der Waals surface area contributed by atoms with Crippen molar-refractivity contribution in [1.29, 1.82) is 0 Å². The van der Waals surface area contributed by atoms with Gasteiger partial charge in [0.2, 0.25) is 5.89 Å². The molecule has 0 saturated heterocycles. The van der Waals surface area contributed by atoms with Gasteiger partial charge in [0.1, 0.15) is 0 Å². The van der Waals surface area contributed by atoms with Crippen molar-refractivity contribution in [2.75, 3.05) is 0 Å². The second kappa shape index (κ2) is 4.17. The van der Waals surface area contributed by atoms with E-state index in [2.05, 4.69) is 34.4 Å². The Bertz CT molecular complexity index is 607. The molecule has 4 rings (SSSR count). The molecule has 1 unspecified atom stereocenters. The maximum Gasteiger partial charge on any atom is 0.229 e. The van der Waals surface area contributed by atoms with E-state index >= 15 is 0 Å². The normalized spacial score (nSPS) is 29.0. The molecule has 2 aliphatic rings. The van der Waals surface area contributed by atoms with Crippen molar-refractivity contribution < 1.29 is 4.52 Å². The Hall–Kier alpha value is -1.68. The fourth-order valence-corrected chi connectivity index (χ4v) is 3.28. The molecule has 1 heterocycles. The van der Waals surface area contributed by atoms with E-state index < -0.39 is 0 Å². The SMILES string of the molecule is N[C@H]1CC[C@@H](c2nc(C3Cc4ccccc43)no2)C1. The van der Waals surface area contributed by atoms with E-state index in [9.17, 15) is 0 Å². The molecule has 98 valence electrons. The molecule has 1 aromatic heterocycles. The molecule has 1 aromatic carbocycles. The molecule has 0 aliphatic heterocycles. The van der Waals surface area contributed by atoms with Crippen LogP contribution in [0, 0.1) is 0 Å². The summed E-state index contributed by atoms with van der Waals surface area (Å²) in [6.45, 7) is 0. The highest BCUT2D eigenvalue weighted by Crippen LogP contribution is 2.40. The number of nitrogens with two attached hydrogens (primary N) is 1. The van der Waals surface area contributed by atoms with E-state index in [-0.39, 0.29) is 0 Å². The molecule has 1 fully saturated rings. The van der Waals surface area contributed by atoms with Gasteiger partial charge in [0, 0.05) is 12.0 Å². The first-order chi connectivity index (χ1) is 9.31. The fraction of sp³-hybridized carbons (Fsp3) is 0.467. The number of fused-ring (bicyclic) bond motifs is 1. The smallest absolute Gasteiger partial charge is 0.229 e. The minimum atomic E-state index is 0.296. The number of rotatable bonds is 2. The van der Waals surface area contributed by atoms with Gasteiger partial charge in [-0.1, -0.05) is 29.4 Å². The van der Waals surface area contributed by atoms with Crippen molar-refractivity contribution in [1.82, 2.24) is 10.1 Å². The minimum absolute atomic E-state index is 0.296. The van der Waals surface area contributed by atoms with Crippen molar-refractivity contribution in [2.45, 2.75) is 43.6 Å². The van der Waals surface area contributed by atoms with Gasteiger partial charge in [-0.2, -0.15) is 4.98 Å². The first-order valence-electron chi connectivity index (χ1n) is 6.98. The third kappa shape index (κ3) is 1.78. The summed E-state index contributed by atoms with van der Waals surface area (Å²) in [6.07, 6.45) is 4.14. The fourth-order valence-electron chi connectivity index (χ4n) is 3.28. The average molecular weight is 255 g/mol. The number of hydrogen-bond acceptors (Lipinski definition) is 4. The van der Waals surface area contributed by atoms with E-state index in [1.165, 1.54) is 11.1 Å². The van der Waals surface area contributed by atoms with Crippen LogP contribution in [0.3, 0.4) is 0 Å². The van der Waals surface area contributed by atoms with Crippen molar-refractivity contribution in [3.63, 3.8) is 0 Å². The maximum atomic E-state index is 5.94. The Morgan fingerprint density at radius 1 is 1.21 bits per heavy atom. The van der Waals surface area contributed by atoms with Crippen LogP contribution in [0.4, 0.5) is 0 Å². The van der Waals surface area contributed by atoms with Crippen molar-refractivity contribution >= 4 is 0 Å². The molecule has 0 radical (unpaired) electrons. The lowest BCUT2D eigenvalue weighted by atomic mass is 9.77. The number of hydrogen-bond donors (Lipinski definition) is 1. The highest BCUT2D eigenvalue weighted by Gasteiger charge is 2.33. The molecule has 2 aromatic rings. The summed E-state index contributed by atoms with van der Waals surface area (Å²) >= 11 is 0. The van der Waals surface area contributed by atoms with Crippen molar-refractivity contribution in [3.05, 3.63) is 47.1 Å². The Kier molecular flexibility index (Phi) is 2.45. The van der Waals surface area contributed by atoms with Crippen LogP contribution in [-0.4, -0.2) is 16.2 Å². The summed E-state index contributed by atoms with van der Waals surface area (Å²) in [5.74, 6) is 2.32. The molecule has 4 nitrogen and oxygen atoms in total. The Morgan fingerprint density at radius 2 is 2.11 bits per heavy atom. The molecule has 0 spiro atoms. The van der Waals surface area contributed by atoms with Gasteiger partial charge in [-0.3, -0.25) is 0 Å². The van der Waals surface area contributed by atoms with Gasteiger partial charge in [0.25, 0.3) is 0 Å². The molecular formula is C15H17N3O. The zero-order valence-corrected chi connectivity index (χ0v) is 10.7. The van der Waals surface area contributed by atoms with Gasteiger partial charge >= 0.3 is 0 Å². The molecule has 4 heteroatoms. The lowest BCUT2D eigenvalue weighted by Crippen LogP contribution is -2.19. The zero-order chi connectivity index (χ0) is 12.8. The number of benzene rings is 1. The third-order valence-corrected chi connectivity index (χ3v) is 4.45. The predicted molar refractivity (Wildman–Crippen MR) is 70.9 cm³/mol. The van der Waals surface area contributed by atoms with Crippen molar-refractivity contribution in [3.8, 4) is 0 Å². The Labute approximate surface area is 112 Å². The van der Waals surface area contributed by atoms with Crippen LogP contribution in [0.1, 0.15) is 53.9 Å². The third-order valence-electron chi connectivity index (χ3n) is 4.45. The van der Waals surface area contributed by atoms with Crippen LogP contribution >= 0.6 is 0 Å². The molecule has 2 aliphatic carbocycles. The first kappa shape index (κ1) is 11.2. The van der Waals surface area contributed by atoms with Gasteiger partial charge in [0.15, 0.2) is 5.82 Å². The quantitative estimate of drug-likeness (QED) is 0.894. The molecule has 0 bridgehead atoms. The topological polar surface area (TPSA) is 64.9 Å². The standard InChI is InChI=1S/C15H17N3O/c16-11-6-5-10(7-11)15-17-14(18-19-15)13-8-9-3-1-2-4-12(9)13/h1-4,10-11,13H,5-8,16H2/t10-,11+,13?/m1/s1. The Balaban J connectivity index is 1.57. The van der Waals surface area contributed by atoms with Gasteiger partial charge in [-0.15, -0.1) is 0 Å². The van der Waals surface area contributed by atoms with Gasteiger partial charge < -0.3 is 10.3 Å². The summed E-state index contributed by atoms with van der Waals surface area (Å²) in [4.78, 5) is 4.61. The van der Waals surface area contributed by atoms with Crippen LogP contribution in [0.25, 0.3) is 0 Å². The molecule has 3 atom stereocenters.